The quantitative estimate of drug-likeness (QED) is 0.625. The minimum absolute atomic E-state index is 0.716. The highest BCUT2D eigenvalue weighted by atomic mass is 35.5. The van der Waals surface area contributed by atoms with E-state index in [0.29, 0.717) is 5.02 Å². The highest BCUT2D eigenvalue weighted by Crippen LogP contribution is 2.34. The van der Waals surface area contributed by atoms with Crippen molar-refractivity contribution in [3.63, 3.8) is 0 Å². The highest BCUT2D eigenvalue weighted by molar-refractivity contribution is 7.16. The van der Waals surface area contributed by atoms with E-state index in [1.54, 1.807) is 11.3 Å². The molecule has 112 valence electrons. The number of hydrogen-bond acceptors (Lipinski definition) is 3. The number of nitrogens with one attached hydrogen (secondary N) is 1. The molecule has 3 rings (SSSR count). The van der Waals surface area contributed by atoms with Gasteiger partial charge in [-0.2, -0.15) is 0 Å². The molecule has 0 aliphatic rings. The van der Waals surface area contributed by atoms with Crippen LogP contribution in [0, 0.1) is 20.8 Å². The number of aryl methyl sites for hydroxylation is 3. The normalized spacial score (nSPS) is 10.7. The number of halogens is 1. The van der Waals surface area contributed by atoms with Gasteiger partial charge in [-0.05, 0) is 44.5 Å². The van der Waals surface area contributed by atoms with Crippen LogP contribution in [0.25, 0.3) is 11.3 Å². The van der Waals surface area contributed by atoms with Crippen molar-refractivity contribution in [1.82, 2.24) is 4.98 Å². The fourth-order valence-electron chi connectivity index (χ4n) is 2.47. The molecule has 3 aromatic rings. The van der Waals surface area contributed by atoms with Crippen LogP contribution in [0.4, 0.5) is 10.8 Å². The SMILES string of the molecule is Cc1ccc(-c2nc(Nc3cccc(Cl)c3)sc2C)c(C)c1. The van der Waals surface area contributed by atoms with Crippen molar-refractivity contribution in [3.05, 3.63) is 63.5 Å². The summed E-state index contributed by atoms with van der Waals surface area (Å²) in [5.74, 6) is 0. The zero-order chi connectivity index (χ0) is 15.7. The van der Waals surface area contributed by atoms with E-state index in [0.717, 1.165) is 16.5 Å². The minimum Gasteiger partial charge on any atom is -0.331 e. The average Bonchev–Trinajstić information content (AvgIpc) is 2.79. The lowest BCUT2D eigenvalue weighted by Crippen LogP contribution is -1.90. The Hall–Kier alpha value is -1.84. The summed E-state index contributed by atoms with van der Waals surface area (Å²) in [5, 5.41) is 4.93. The van der Waals surface area contributed by atoms with E-state index in [1.165, 1.54) is 21.6 Å². The number of rotatable bonds is 3. The van der Waals surface area contributed by atoms with E-state index in [1.807, 2.05) is 24.3 Å². The van der Waals surface area contributed by atoms with Gasteiger partial charge in [-0.3, -0.25) is 0 Å². The molecule has 0 spiro atoms. The zero-order valence-corrected chi connectivity index (χ0v) is 14.3. The van der Waals surface area contributed by atoms with Gasteiger partial charge in [0.05, 0.1) is 5.69 Å². The monoisotopic (exact) mass is 328 g/mol. The summed E-state index contributed by atoms with van der Waals surface area (Å²) >= 11 is 7.68. The Labute approximate surface area is 139 Å². The number of anilines is 2. The van der Waals surface area contributed by atoms with Crippen LogP contribution in [0.15, 0.2) is 42.5 Å². The molecule has 1 N–H and O–H groups in total. The molecule has 1 aromatic heterocycles. The molecular weight excluding hydrogens is 312 g/mol. The van der Waals surface area contributed by atoms with Gasteiger partial charge in [-0.15, -0.1) is 11.3 Å². The summed E-state index contributed by atoms with van der Waals surface area (Å²) in [5.41, 5.74) is 5.72. The summed E-state index contributed by atoms with van der Waals surface area (Å²) < 4.78 is 0. The average molecular weight is 329 g/mol. The molecule has 0 amide bonds. The standard InChI is InChI=1S/C18H17ClN2S/c1-11-7-8-16(12(2)9-11)17-13(3)22-18(21-17)20-15-6-4-5-14(19)10-15/h4-10H,1-3H3,(H,20,21). The fraction of sp³-hybridized carbons (Fsp3) is 0.167. The van der Waals surface area contributed by atoms with Crippen LogP contribution >= 0.6 is 22.9 Å². The molecular formula is C18H17ClN2S. The lowest BCUT2D eigenvalue weighted by Gasteiger charge is -2.05. The zero-order valence-electron chi connectivity index (χ0n) is 12.8. The van der Waals surface area contributed by atoms with Gasteiger partial charge in [0.2, 0.25) is 0 Å². The van der Waals surface area contributed by atoms with E-state index in [-0.39, 0.29) is 0 Å². The maximum atomic E-state index is 6.02. The topological polar surface area (TPSA) is 24.9 Å². The van der Waals surface area contributed by atoms with E-state index >= 15 is 0 Å². The Morgan fingerprint density at radius 2 is 1.86 bits per heavy atom. The van der Waals surface area contributed by atoms with Gasteiger partial charge in [0.25, 0.3) is 0 Å². The Kier molecular flexibility index (Phi) is 4.19. The van der Waals surface area contributed by atoms with E-state index in [9.17, 15) is 0 Å². The first kappa shape index (κ1) is 15.1. The first-order valence-electron chi connectivity index (χ1n) is 7.10. The summed E-state index contributed by atoms with van der Waals surface area (Å²) in [6.45, 7) is 6.34. The van der Waals surface area contributed by atoms with Crippen LogP contribution in [0.1, 0.15) is 16.0 Å². The molecule has 0 atom stereocenters. The molecule has 2 nitrogen and oxygen atoms in total. The van der Waals surface area contributed by atoms with Crippen LogP contribution in [0.5, 0.6) is 0 Å². The molecule has 22 heavy (non-hydrogen) atoms. The number of benzene rings is 2. The second kappa shape index (κ2) is 6.11. The third-order valence-electron chi connectivity index (χ3n) is 3.51. The van der Waals surface area contributed by atoms with Gasteiger partial charge >= 0.3 is 0 Å². The van der Waals surface area contributed by atoms with Gasteiger partial charge in [-0.1, -0.05) is 41.4 Å². The molecule has 0 bridgehead atoms. The van der Waals surface area contributed by atoms with Crippen LogP contribution in [0.2, 0.25) is 5.02 Å². The molecule has 0 unspecified atom stereocenters. The summed E-state index contributed by atoms with van der Waals surface area (Å²) in [6.07, 6.45) is 0. The lowest BCUT2D eigenvalue weighted by molar-refractivity contribution is 1.31. The molecule has 0 aliphatic heterocycles. The number of thiazole rings is 1. The van der Waals surface area contributed by atoms with Crippen LogP contribution in [0.3, 0.4) is 0 Å². The van der Waals surface area contributed by atoms with Gasteiger partial charge in [0, 0.05) is 21.2 Å². The molecule has 2 aromatic carbocycles. The van der Waals surface area contributed by atoms with E-state index in [4.69, 9.17) is 16.6 Å². The van der Waals surface area contributed by atoms with E-state index < -0.39 is 0 Å². The predicted octanol–water partition coefficient (Wildman–Crippen LogP) is 6.13. The van der Waals surface area contributed by atoms with Crippen LogP contribution in [-0.4, -0.2) is 4.98 Å². The Balaban J connectivity index is 1.94. The molecule has 4 heteroatoms. The fourth-order valence-corrected chi connectivity index (χ4v) is 3.51. The largest absolute Gasteiger partial charge is 0.331 e. The number of nitrogens with zero attached hydrogens (tertiary/aromatic N) is 1. The van der Waals surface area contributed by atoms with Crippen molar-refractivity contribution in [2.24, 2.45) is 0 Å². The summed E-state index contributed by atoms with van der Waals surface area (Å²) in [4.78, 5) is 5.96. The van der Waals surface area contributed by atoms with Gasteiger partial charge in [0.15, 0.2) is 5.13 Å². The third-order valence-corrected chi connectivity index (χ3v) is 4.63. The summed E-state index contributed by atoms with van der Waals surface area (Å²) in [6, 6.07) is 14.1. The Bertz CT molecular complexity index is 824. The molecule has 0 saturated carbocycles. The van der Waals surface area contributed by atoms with Gasteiger partial charge in [-0.25, -0.2) is 4.98 Å². The second-order valence-electron chi connectivity index (χ2n) is 5.38. The maximum absolute atomic E-state index is 6.02. The molecule has 0 fully saturated rings. The van der Waals surface area contributed by atoms with Crippen molar-refractivity contribution < 1.29 is 0 Å². The lowest BCUT2D eigenvalue weighted by atomic mass is 10.0. The molecule has 0 aliphatic carbocycles. The minimum atomic E-state index is 0.716. The highest BCUT2D eigenvalue weighted by Gasteiger charge is 2.12. The first-order chi connectivity index (χ1) is 10.5. The van der Waals surface area contributed by atoms with Crippen molar-refractivity contribution in [1.29, 1.82) is 0 Å². The van der Waals surface area contributed by atoms with Crippen molar-refractivity contribution >= 4 is 33.8 Å². The molecule has 0 saturated heterocycles. The smallest absolute Gasteiger partial charge is 0.187 e. The van der Waals surface area contributed by atoms with Crippen LogP contribution < -0.4 is 5.32 Å². The van der Waals surface area contributed by atoms with Crippen LogP contribution in [-0.2, 0) is 0 Å². The maximum Gasteiger partial charge on any atom is 0.187 e. The molecule has 0 radical (unpaired) electrons. The van der Waals surface area contributed by atoms with Crippen molar-refractivity contribution in [2.75, 3.05) is 5.32 Å². The summed E-state index contributed by atoms with van der Waals surface area (Å²) in [7, 11) is 0. The second-order valence-corrected chi connectivity index (χ2v) is 7.02. The van der Waals surface area contributed by atoms with Gasteiger partial charge < -0.3 is 5.32 Å². The van der Waals surface area contributed by atoms with E-state index in [2.05, 4.69) is 44.3 Å². The Morgan fingerprint density at radius 1 is 1.05 bits per heavy atom. The Morgan fingerprint density at radius 3 is 2.59 bits per heavy atom. The third kappa shape index (κ3) is 3.16. The first-order valence-corrected chi connectivity index (χ1v) is 8.30. The van der Waals surface area contributed by atoms with Crippen molar-refractivity contribution in [3.8, 4) is 11.3 Å². The number of aromatic nitrogens is 1. The van der Waals surface area contributed by atoms with Crippen molar-refractivity contribution in [2.45, 2.75) is 20.8 Å². The number of hydrogen-bond donors (Lipinski definition) is 1. The molecule has 1 heterocycles. The predicted molar refractivity (Wildman–Crippen MR) is 96.5 cm³/mol. The van der Waals surface area contributed by atoms with Gasteiger partial charge in [0.1, 0.15) is 0 Å².